The van der Waals surface area contributed by atoms with E-state index in [0.717, 1.165) is 4.90 Å². The molecule has 8 nitrogen and oxygen atoms in total. The first-order chi connectivity index (χ1) is 12.8. The fourth-order valence-corrected chi connectivity index (χ4v) is 2.89. The molecule has 2 aromatic carbocycles. The van der Waals surface area contributed by atoms with E-state index in [0.29, 0.717) is 5.56 Å². The van der Waals surface area contributed by atoms with Crippen LogP contribution in [0.1, 0.15) is 26.3 Å². The number of fused-ring (bicyclic) bond motifs is 1. The largest absolute Gasteiger partial charge is 0.350 e. The van der Waals surface area contributed by atoms with Gasteiger partial charge in [0.05, 0.1) is 26.1 Å². The zero-order valence-corrected chi connectivity index (χ0v) is 15.1. The molecule has 27 heavy (non-hydrogen) atoms. The van der Waals surface area contributed by atoms with Crippen molar-refractivity contribution in [2.24, 2.45) is 0 Å². The summed E-state index contributed by atoms with van der Waals surface area (Å²) in [6.45, 7) is -0.369. The van der Waals surface area contributed by atoms with Gasteiger partial charge in [-0.1, -0.05) is 35.3 Å². The van der Waals surface area contributed by atoms with Crippen molar-refractivity contribution in [2.75, 3.05) is 6.54 Å². The fourth-order valence-electron chi connectivity index (χ4n) is 2.56. The standard InChI is InChI=1S/C17H11Cl2N3O5/c18-13-5-11-12(6-14(13)19)17(25)21(16(11)24)8-15(23)20-7-9-1-3-10(4-2-9)22(26)27/h1-6H,7-8H2,(H,20,23). The van der Waals surface area contributed by atoms with E-state index in [2.05, 4.69) is 5.32 Å². The third-order valence-electron chi connectivity index (χ3n) is 3.95. The summed E-state index contributed by atoms with van der Waals surface area (Å²) in [6.07, 6.45) is 0. The first-order valence-corrected chi connectivity index (χ1v) is 8.39. The number of halogens is 2. The lowest BCUT2D eigenvalue weighted by Crippen LogP contribution is -2.40. The zero-order chi connectivity index (χ0) is 19.7. The highest BCUT2D eigenvalue weighted by Crippen LogP contribution is 2.31. The predicted octanol–water partition coefficient (Wildman–Crippen LogP) is 2.81. The summed E-state index contributed by atoms with van der Waals surface area (Å²) < 4.78 is 0. The second kappa shape index (κ2) is 7.34. The molecule has 3 rings (SSSR count). The molecule has 0 aliphatic carbocycles. The number of hydrogen-bond acceptors (Lipinski definition) is 5. The lowest BCUT2D eigenvalue weighted by Gasteiger charge is -2.13. The third kappa shape index (κ3) is 3.76. The average Bonchev–Trinajstić information content (AvgIpc) is 2.85. The van der Waals surface area contributed by atoms with Crippen LogP contribution < -0.4 is 5.32 Å². The molecule has 0 saturated heterocycles. The molecule has 0 fully saturated rings. The number of rotatable bonds is 5. The molecule has 0 spiro atoms. The Morgan fingerprint density at radius 2 is 1.56 bits per heavy atom. The minimum atomic E-state index is -0.626. The van der Waals surface area contributed by atoms with Gasteiger partial charge < -0.3 is 5.32 Å². The van der Waals surface area contributed by atoms with Crippen molar-refractivity contribution in [3.63, 3.8) is 0 Å². The Kier molecular flexibility index (Phi) is 5.11. The maximum atomic E-state index is 12.3. The van der Waals surface area contributed by atoms with Crippen LogP contribution in [0.15, 0.2) is 36.4 Å². The summed E-state index contributed by atoms with van der Waals surface area (Å²) in [5.41, 5.74) is 0.762. The minimum Gasteiger partial charge on any atom is -0.350 e. The Labute approximate surface area is 162 Å². The monoisotopic (exact) mass is 407 g/mol. The van der Waals surface area contributed by atoms with Gasteiger partial charge in [-0.3, -0.25) is 29.4 Å². The maximum Gasteiger partial charge on any atom is 0.269 e. The number of nitro benzene ring substituents is 1. The van der Waals surface area contributed by atoms with E-state index in [1.165, 1.54) is 36.4 Å². The van der Waals surface area contributed by atoms with E-state index in [4.69, 9.17) is 23.2 Å². The number of carbonyl (C=O) groups is 3. The van der Waals surface area contributed by atoms with Crippen LogP contribution in [0.2, 0.25) is 10.0 Å². The van der Waals surface area contributed by atoms with Crippen LogP contribution in [0.25, 0.3) is 0 Å². The third-order valence-corrected chi connectivity index (χ3v) is 4.67. The summed E-state index contributed by atoms with van der Waals surface area (Å²) >= 11 is 11.7. The summed E-state index contributed by atoms with van der Waals surface area (Å²) in [7, 11) is 0. The van der Waals surface area contributed by atoms with Gasteiger partial charge in [-0.2, -0.15) is 0 Å². The van der Waals surface area contributed by atoms with Gasteiger partial charge in [0.1, 0.15) is 6.54 Å². The SMILES string of the molecule is O=C(CN1C(=O)c2cc(Cl)c(Cl)cc2C1=O)NCc1ccc([N+](=O)[O-])cc1. The smallest absolute Gasteiger partial charge is 0.269 e. The van der Waals surface area contributed by atoms with Crippen molar-refractivity contribution in [1.29, 1.82) is 0 Å². The number of amides is 3. The number of nitrogens with one attached hydrogen (secondary N) is 1. The number of nitrogens with zero attached hydrogens (tertiary/aromatic N) is 2. The molecule has 0 saturated carbocycles. The Bertz CT molecular complexity index is 934. The number of non-ortho nitro benzene ring substituents is 1. The average molecular weight is 408 g/mol. The van der Waals surface area contributed by atoms with Gasteiger partial charge in [0.25, 0.3) is 17.5 Å². The van der Waals surface area contributed by atoms with Crippen LogP contribution >= 0.6 is 23.2 Å². The van der Waals surface area contributed by atoms with E-state index < -0.39 is 29.2 Å². The second-order valence-corrected chi connectivity index (χ2v) is 6.52. The topological polar surface area (TPSA) is 110 Å². The van der Waals surface area contributed by atoms with Gasteiger partial charge in [-0.05, 0) is 17.7 Å². The molecular weight excluding hydrogens is 397 g/mol. The van der Waals surface area contributed by atoms with Crippen LogP contribution in [0.5, 0.6) is 0 Å². The molecule has 1 aliphatic rings. The Balaban J connectivity index is 1.64. The molecule has 2 aromatic rings. The minimum absolute atomic E-state index is 0.0616. The summed E-state index contributed by atoms with van der Waals surface area (Å²) in [6, 6.07) is 8.25. The van der Waals surface area contributed by atoms with E-state index in [1.807, 2.05) is 0 Å². The molecule has 0 unspecified atom stereocenters. The lowest BCUT2D eigenvalue weighted by molar-refractivity contribution is -0.384. The molecule has 3 amide bonds. The number of hydrogen-bond donors (Lipinski definition) is 1. The molecule has 0 aromatic heterocycles. The molecule has 0 bridgehead atoms. The van der Waals surface area contributed by atoms with Crippen molar-refractivity contribution in [3.05, 3.63) is 73.2 Å². The quantitative estimate of drug-likeness (QED) is 0.465. The highest BCUT2D eigenvalue weighted by atomic mass is 35.5. The normalized spacial score (nSPS) is 12.9. The lowest BCUT2D eigenvalue weighted by atomic mass is 10.1. The molecule has 0 radical (unpaired) electrons. The molecule has 10 heteroatoms. The van der Waals surface area contributed by atoms with E-state index >= 15 is 0 Å². The molecule has 1 heterocycles. The fraction of sp³-hybridized carbons (Fsp3) is 0.118. The second-order valence-electron chi connectivity index (χ2n) is 5.71. The predicted molar refractivity (Wildman–Crippen MR) is 96.8 cm³/mol. The van der Waals surface area contributed by atoms with Crippen molar-refractivity contribution in [1.82, 2.24) is 10.2 Å². The van der Waals surface area contributed by atoms with Gasteiger partial charge >= 0.3 is 0 Å². The first kappa shape index (κ1) is 18.8. The van der Waals surface area contributed by atoms with Crippen LogP contribution in [0, 0.1) is 10.1 Å². The van der Waals surface area contributed by atoms with Crippen LogP contribution in [0.4, 0.5) is 5.69 Å². The Morgan fingerprint density at radius 1 is 1.04 bits per heavy atom. The summed E-state index contributed by atoms with van der Waals surface area (Å²) in [5, 5.41) is 13.5. The van der Waals surface area contributed by atoms with E-state index in [1.54, 1.807) is 0 Å². The van der Waals surface area contributed by atoms with Crippen LogP contribution in [0.3, 0.4) is 0 Å². The van der Waals surface area contributed by atoms with Crippen LogP contribution in [-0.2, 0) is 11.3 Å². The molecule has 1 N–H and O–H groups in total. The van der Waals surface area contributed by atoms with Gasteiger partial charge in [-0.25, -0.2) is 0 Å². The van der Waals surface area contributed by atoms with Gasteiger partial charge in [0, 0.05) is 18.7 Å². The van der Waals surface area contributed by atoms with Crippen molar-refractivity contribution < 1.29 is 19.3 Å². The van der Waals surface area contributed by atoms with Gasteiger partial charge in [0.15, 0.2) is 0 Å². The number of nitro groups is 1. The maximum absolute atomic E-state index is 12.3. The van der Waals surface area contributed by atoms with Crippen molar-refractivity contribution in [2.45, 2.75) is 6.54 Å². The Morgan fingerprint density at radius 3 is 2.04 bits per heavy atom. The van der Waals surface area contributed by atoms with E-state index in [9.17, 15) is 24.5 Å². The number of imide groups is 1. The summed E-state index contributed by atoms with van der Waals surface area (Å²) in [5.74, 6) is -1.81. The van der Waals surface area contributed by atoms with Gasteiger partial charge in [-0.15, -0.1) is 0 Å². The number of benzene rings is 2. The molecule has 0 atom stereocenters. The van der Waals surface area contributed by atoms with Gasteiger partial charge in [0.2, 0.25) is 5.91 Å². The van der Waals surface area contributed by atoms with Crippen LogP contribution in [-0.4, -0.2) is 34.1 Å². The zero-order valence-electron chi connectivity index (χ0n) is 13.6. The first-order valence-electron chi connectivity index (χ1n) is 7.63. The Hall–Kier alpha value is -2.97. The van der Waals surface area contributed by atoms with Crippen molar-refractivity contribution in [3.8, 4) is 0 Å². The molecular formula is C17H11Cl2N3O5. The number of carbonyl (C=O) groups excluding carboxylic acids is 3. The highest BCUT2D eigenvalue weighted by molar-refractivity contribution is 6.43. The summed E-state index contributed by atoms with van der Waals surface area (Å²) in [4.78, 5) is 47.7. The van der Waals surface area contributed by atoms with E-state index in [-0.39, 0.29) is 33.4 Å². The molecule has 138 valence electrons. The molecule has 1 aliphatic heterocycles. The highest BCUT2D eigenvalue weighted by Gasteiger charge is 2.37. The van der Waals surface area contributed by atoms with Crippen molar-refractivity contribution >= 4 is 46.6 Å².